The van der Waals surface area contributed by atoms with E-state index in [-0.39, 0.29) is 0 Å². The largest absolute Gasteiger partial charge is 0.0889 e. The lowest BCUT2D eigenvalue weighted by Gasteiger charge is -1.77. The van der Waals surface area contributed by atoms with E-state index in [0.29, 0.717) is 0 Å². The van der Waals surface area contributed by atoms with Crippen molar-refractivity contribution in [1.29, 1.82) is 0 Å². The van der Waals surface area contributed by atoms with Crippen LogP contribution in [0.15, 0.2) is 0 Å². The van der Waals surface area contributed by atoms with Gasteiger partial charge in [0.05, 0.1) is 0 Å². The molecule has 3 heteroatoms. The van der Waals surface area contributed by atoms with Crippen molar-refractivity contribution in [2.45, 2.75) is 6.42 Å². The predicted molar refractivity (Wildman–Crippen MR) is 43.0 cm³/mol. The third-order valence-electron chi connectivity index (χ3n) is 0.840. The molecule has 0 bridgehead atoms. The van der Waals surface area contributed by atoms with E-state index in [2.05, 4.69) is 0 Å². The van der Waals surface area contributed by atoms with Crippen molar-refractivity contribution < 1.29 is 0 Å². The molecule has 1 atom stereocenters. The summed E-state index contributed by atoms with van der Waals surface area (Å²) in [6, 6.07) is 0. The second-order valence-corrected chi connectivity index (χ2v) is 4.24. The van der Waals surface area contributed by atoms with Crippen LogP contribution in [-0.2, 0) is 0 Å². The first-order valence-electron chi connectivity index (χ1n) is 2.07. The van der Waals surface area contributed by atoms with E-state index in [1.54, 1.807) is 0 Å². The Labute approximate surface area is 55.5 Å². The highest BCUT2D eigenvalue weighted by atomic mass is 32.1. The summed E-state index contributed by atoms with van der Waals surface area (Å²) in [6.07, 6.45) is 2.04. The molecule has 0 N–H and O–H groups in total. The maximum Gasteiger partial charge on any atom is 0.0184 e. The third kappa shape index (κ3) is 1.52. The summed E-state index contributed by atoms with van der Waals surface area (Å²) >= 11 is 9.84. The molecule has 1 rings (SSSR count). The molecule has 38 valence electrons. The van der Waals surface area contributed by atoms with Gasteiger partial charge in [-0.2, -0.15) is 0 Å². The summed E-state index contributed by atoms with van der Waals surface area (Å²) in [5.41, 5.74) is 0. The van der Waals surface area contributed by atoms with Crippen molar-refractivity contribution in [2.75, 3.05) is 6.16 Å². The highest BCUT2D eigenvalue weighted by Gasteiger charge is 2.09. The Morgan fingerprint density at radius 2 is 2.14 bits per heavy atom. The number of hydrogen-bond acceptors (Lipinski definition) is 2. The van der Waals surface area contributed by atoms with Crippen LogP contribution in [0.25, 0.3) is 0 Å². The van der Waals surface area contributed by atoms with Crippen LogP contribution >= 0.6 is 33.0 Å². The Morgan fingerprint density at radius 1 is 1.43 bits per heavy atom. The second kappa shape index (κ2) is 2.25. The molecule has 0 aromatic heterocycles. The van der Waals surface area contributed by atoms with Crippen LogP contribution < -0.4 is 0 Å². The van der Waals surface area contributed by atoms with E-state index in [1.807, 2.05) is 0 Å². The lowest BCUT2D eigenvalue weighted by molar-refractivity contribution is 1.73. The van der Waals surface area contributed by atoms with Gasteiger partial charge in [-0.25, -0.2) is 0 Å². The minimum atomic E-state index is 0.853. The monoisotopic (exact) mass is 148 g/mol. The maximum absolute atomic E-state index is 4.92. The molecule has 7 heavy (non-hydrogen) atoms. The summed E-state index contributed by atoms with van der Waals surface area (Å²) in [5, 5.41) is 0. The number of thiocarbonyl (C=S) groups is 2. The molecule has 0 saturated carbocycles. The van der Waals surface area contributed by atoms with Crippen molar-refractivity contribution in [3.63, 3.8) is 0 Å². The fourth-order valence-electron chi connectivity index (χ4n) is 0.501. The van der Waals surface area contributed by atoms with Gasteiger partial charge in [0.1, 0.15) is 0 Å². The molecule has 0 spiro atoms. The molecule has 0 aromatic rings. The number of rotatable bonds is 0. The average molecular weight is 148 g/mol. The first-order chi connectivity index (χ1) is 3.29. The minimum absolute atomic E-state index is 0.853. The zero-order chi connectivity index (χ0) is 5.28. The molecular formula is C4H5PS2. The van der Waals surface area contributed by atoms with Crippen molar-refractivity contribution in [1.82, 2.24) is 0 Å². The average Bonchev–Trinajstić information content (AvgIpc) is 1.87. The summed E-state index contributed by atoms with van der Waals surface area (Å²) in [6.45, 7) is 0. The first-order valence-corrected chi connectivity index (χ1v) is 4.10. The molecule has 1 aliphatic rings. The standard InChI is InChI=1S/C4H5PS2/c6-3-1-4(7)5-2-3/h5H,1-2H2. The van der Waals surface area contributed by atoms with Gasteiger partial charge in [-0.3, -0.25) is 0 Å². The Morgan fingerprint density at radius 3 is 2.29 bits per heavy atom. The molecule has 1 saturated heterocycles. The lowest BCUT2D eigenvalue weighted by atomic mass is 10.4. The van der Waals surface area contributed by atoms with Crippen molar-refractivity contribution >= 4 is 42.5 Å². The Kier molecular flexibility index (Phi) is 1.85. The molecule has 1 fully saturated rings. The first kappa shape index (κ1) is 5.74. The van der Waals surface area contributed by atoms with Gasteiger partial charge in [-0.05, 0) is 0 Å². The molecule has 1 unspecified atom stereocenters. The van der Waals surface area contributed by atoms with Crippen LogP contribution in [0, 0.1) is 0 Å². The smallest absolute Gasteiger partial charge is 0.0184 e. The van der Waals surface area contributed by atoms with E-state index in [1.165, 1.54) is 4.61 Å². The Bertz CT molecular complexity index is 105. The second-order valence-electron chi connectivity index (χ2n) is 1.49. The van der Waals surface area contributed by atoms with Crippen LogP contribution in [0.2, 0.25) is 0 Å². The molecule has 0 aromatic carbocycles. The quantitative estimate of drug-likeness (QED) is 0.379. The van der Waals surface area contributed by atoms with Crippen molar-refractivity contribution in [2.24, 2.45) is 0 Å². The van der Waals surface area contributed by atoms with Crippen molar-refractivity contribution in [3.8, 4) is 0 Å². The van der Waals surface area contributed by atoms with Gasteiger partial charge in [0, 0.05) is 22.1 Å². The van der Waals surface area contributed by atoms with Gasteiger partial charge < -0.3 is 0 Å². The highest BCUT2D eigenvalue weighted by molar-refractivity contribution is 7.95. The fraction of sp³-hybridized carbons (Fsp3) is 0.500. The highest BCUT2D eigenvalue weighted by Crippen LogP contribution is 2.24. The van der Waals surface area contributed by atoms with Crippen LogP contribution in [-0.4, -0.2) is 15.6 Å². The van der Waals surface area contributed by atoms with Crippen LogP contribution in [0.3, 0.4) is 0 Å². The molecule has 1 aliphatic heterocycles. The van der Waals surface area contributed by atoms with E-state index < -0.39 is 0 Å². The normalized spacial score (nSPS) is 24.6. The number of hydrogen-bond donors (Lipinski definition) is 0. The molecular weight excluding hydrogens is 143 g/mol. The van der Waals surface area contributed by atoms with Crippen LogP contribution in [0.4, 0.5) is 0 Å². The fourth-order valence-corrected chi connectivity index (χ4v) is 2.33. The molecule has 0 amide bonds. The summed E-state index contributed by atoms with van der Waals surface area (Å²) in [5.74, 6) is 0. The third-order valence-corrected chi connectivity index (χ3v) is 3.14. The zero-order valence-corrected chi connectivity index (χ0v) is 6.36. The molecule has 1 heterocycles. The topological polar surface area (TPSA) is 0 Å². The minimum Gasteiger partial charge on any atom is -0.0889 e. The van der Waals surface area contributed by atoms with Gasteiger partial charge in [0.15, 0.2) is 0 Å². The van der Waals surface area contributed by atoms with E-state index in [4.69, 9.17) is 24.4 Å². The van der Waals surface area contributed by atoms with Gasteiger partial charge in [-0.15, -0.1) is 0 Å². The van der Waals surface area contributed by atoms with Gasteiger partial charge >= 0.3 is 0 Å². The SMILES string of the molecule is S=C1CPC(=S)C1. The predicted octanol–water partition coefficient (Wildman–Crippen LogP) is 1.77. The van der Waals surface area contributed by atoms with E-state index >= 15 is 0 Å². The summed E-state index contributed by atoms with van der Waals surface area (Å²) < 4.78 is 1.17. The van der Waals surface area contributed by atoms with Crippen LogP contribution in [0.1, 0.15) is 6.42 Å². The van der Waals surface area contributed by atoms with Gasteiger partial charge in [0.25, 0.3) is 0 Å². The summed E-state index contributed by atoms with van der Waals surface area (Å²) in [7, 11) is 0.853. The Hall–Kier alpha value is 0.610. The zero-order valence-electron chi connectivity index (χ0n) is 3.73. The summed E-state index contributed by atoms with van der Waals surface area (Å²) in [4.78, 5) is 1.16. The van der Waals surface area contributed by atoms with E-state index in [9.17, 15) is 0 Å². The van der Waals surface area contributed by atoms with Gasteiger partial charge in [-0.1, -0.05) is 33.0 Å². The van der Waals surface area contributed by atoms with E-state index in [0.717, 1.165) is 26.0 Å². The molecule has 0 nitrogen and oxygen atoms in total. The van der Waals surface area contributed by atoms with Gasteiger partial charge in [0.2, 0.25) is 0 Å². The molecule has 0 aliphatic carbocycles. The Balaban J connectivity index is 2.55. The molecule has 0 radical (unpaired) electrons. The maximum atomic E-state index is 4.92. The lowest BCUT2D eigenvalue weighted by Crippen LogP contribution is -1.86. The van der Waals surface area contributed by atoms with Crippen LogP contribution in [0.5, 0.6) is 0 Å². The van der Waals surface area contributed by atoms with Crippen molar-refractivity contribution in [3.05, 3.63) is 0 Å².